The highest BCUT2D eigenvalue weighted by Gasteiger charge is 2.26. The van der Waals surface area contributed by atoms with Crippen LogP contribution < -0.4 is 4.74 Å². The molecule has 1 aromatic carbocycles. The van der Waals surface area contributed by atoms with Crippen molar-refractivity contribution in [1.29, 1.82) is 5.26 Å². The Hall–Kier alpha value is -1.91. The highest BCUT2D eigenvalue weighted by Crippen LogP contribution is 2.38. The zero-order chi connectivity index (χ0) is 19.5. The molecular weight excluding hydrogens is 424 g/mol. The Kier molecular flexibility index (Phi) is 8.00. The Bertz CT molecular complexity index is 862. The summed E-state index contributed by atoms with van der Waals surface area (Å²) in [4.78, 5) is 6.56. The fourth-order valence-electron chi connectivity index (χ4n) is 2.32. The summed E-state index contributed by atoms with van der Waals surface area (Å²) in [5, 5.41) is 10.1. The number of aromatic nitrogens is 1. The van der Waals surface area contributed by atoms with Crippen LogP contribution >= 0.6 is 28.5 Å². The first-order valence-electron chi connectivity index (χ1n) is 8.61. The molecule has 0 saturated carbocycles. The number of nitriles is 1. The highest BCUT2D eigenvalue weighted by molar-refractivity contribution is 8.93. The lowest BCUT2D eigenvalue weighted by molar-refractivity contribution is 0.487. The second-order valence-electron chi connectivity index (χ2n) is 7.38. The van der Waals surface area contributed by atoms with Crippen LogP contribution in [0.4, 0.5) is 5.69 Å². The van der Waals surface area contributed by atoms with Crippen molar-refractivity contribution in [3.63, 3.8) is 0 Å². The van der Waals surface area contributed by atoms with E-state index >= 15 is 0 Å². The molecule has 0 N–H and O–H groups in total. The van der Waals surface area contributed by atoms with E-state index in [4.69, 9.17) is 4.74 Å². The topological polar surface area (TPSA) is 61.5 Å². The lowest BCUT2D eigenvalue weighted by Crippen LogP contribution is -2.14. The van der Waals surface area contributed by atoms with Gasteiger partial charge in [-0.3, -0.25) is 0 Å². The van der Waals surface area contributed by atoms with Crippen LogP contribution in [0.1, 0.15) is 50.1 Å². The number of rotatable bonds is 5. The summed E-state index contributed by atoms with van der Waals surface area (Å²) in [6.45, 7) is 13.1. The van der Waals surface area contributed by atoms with Crippen molar-refractivity contribution in [3.8, 4) is 16.9 Å². The number of ether oxygens (including phenoxy) is 1. The molecule has 27 heavy (non-hydrogen) atoms. The van der Waals surface area contributed by atoms with E-state index in [1.807, 2.05) is 65.0 Å². The minimum atomic E-state index is -0.196. The van der Waals surface area contributed by atoms with Crippen LogP contribution in [-0.2, 0) is 5.41 Å². The molecule has 0 bridgehead atoms. The number of halogens is 1. The molecule has 146 valence electrons. The number of aliphatic imine (C=N–C) groups is 1. The van der Waals surface area contributed by atoms with E-state index in [0.29, 0.717) is 10.6 Å². The molecule has 1 heterocycles. The van der Waals surface area contributed by atoms with Gasteiger partial charge >= 0.3 is 0 Å². The maximum absolute atomic E-state index is 9.56. The summed E-state index contributed by atoms with van der Waals surface area (Å²) in [7, 11) is 1.99. The summed E-state index contributed by atoms with van der Waals surface area (Å²) in [5.74, 6) is 0.728. The second kappa shape index (κ2) is 9.34. The van der Waals surface area contributed by atoms with E-state index < -0.39 is 0 Å². The molecule has 0 amide bonds. The lowest BCUT2D eigenvalue weighted by Gasteiger charge is -2.15. The third kappa shape index (κ3) is 5.53. The van der Waals surface area contributed by atoms with Gasteiger partial charge in [-0.2, -0.15) is 9.64 Å². The predicted molar refractivity (Wildman–Crippen MR) is 118 cm³/mol. The molecule has 2 aromatic rings. The molecule has 7 heteroatoms. The molecule has 0 aliphatic carbocycles. The Labute approximate surface area is 176 Å². The van der Waals surface area contributed by atoms with E-state index in [1.54, 1.807) is 0 Å². The third-order valence-electron chi connectivity index (χ3n) is 4.07. The molecular formula is C20H27BrN4OS. The van der Waals surface area contributed by atoms with Gasteiger partial charge in [0.15, 0.2) is 0 Å². The van der Waals surface area contributed by atoms with E-state index in [1.165, 1.54) is 11.5 Å². The molecule has 0 saturated heterocycles. The van der Waals surface area contributed by atoms with Gasteiger partial charge in [0.05, 0.1) is 17.7 Å². The monoisotopic (exact) mass is 450 g/mol. The highest BCUT2D eigenvalue weighted by atomic mass is 79.9. The maximum atomic E-state index is 9.56. The summed E-state index contributed by atoms with van der Waals surface area (Å²) >= 11 is 1.23. The van der Waals surface area contributed by atoms with E-state index in [2.05, 4.69) is 22.4 Å². The predicted octanol–water partition coefficient (Wildman–Crippen LogP) is 5.91. The lowest BCUT2D eigenvalue weighted by atomic mass is 9.90. The van der Waals surface area contributed by atoms with Gasteiger partial charge in [-0.1, -0.05) is 20.8 Å². The maximum Gasteiger partial charge on any atom is 0.218 e. The molecule has 0 radical (unpaired) electrons. The Morgan fingerprint density at radius 3 is 2.52 bits per heavy atom. The van der Waals surface area contributed by atoms with Crippen molar-refractivity contribution in [2.45, 2.75) is 47.0 Å². The SMILES string of the molecule is Br.CCN(C)C=Nc1cc(C)c(Oc2snc(C(C)(C)C)c2C#N)cc1C. The van der Waals surface area contributed by atoms with Crippen LogP contribution in [0.15, 0.2) is 17.1 Å². The van der Waals surface area contributed by atoms with Gasteiger partial charge in [-0.05, 0) is 44.0 Å². The summed E-state index contributed by atoms with van der Waals surface area (Å²) in [6, 6.07) is 6.22. The molecule has 0 fully saturated rings. The molecule has 0 spiro atoms. The van der Waals surface area contributed by atoms with Crippen molar-refractivity contribution < 1.29 is 4.74 Å². The normalized spacial score (nSPS) is 11.2. The number of hydrogen-bond acceptors (Lipinski definition) is 5. The van der Waals surface area contributed by atoms with Gasteiger partial charge in [-0.15, -0.1) is 17.0 Å². The fourth-order valence-corrected chi connectivity index (χ4v) is 3.22. The summed E-state index contributed by atoms with van der Waals surface area (Å²) < 4.78 is 10.5. The molecule has 0 aliphatic heterocycles. The largest absolute Gasteiger partial charge is 0.443 e. The number of aryl methyl sites for hydroxylation is 2. The van der Waals surface area contributed by atoms with Gasteiger partial charge in [0, 0.05) is 30.5 Å². The van der Waals surface area contributed by atoms with Crippen LogP contribution in [-0.4, -0.2) is 29.2 Å². The van der Waals surface area contributed by atoms with Crippen molar-refractivity contribution >= 4 is 40.5 Å². The van der Waals surface area contributed by atoms with E-state index in [-0.39, 0.29) is 22.4 Å². The minimum Gasteiger partial charge on any atom is -0.443 e. The van der Waals surface area contributed by atoms with E-state index in [0.717, 1.165) is 34.8 Å². The Morgan fingerprint density at radius 1 is 1.30 bits per heavy atom. The van der Waals surface area contributed by atoms with Crippen molar-refractivity contribution in [1.82, 2.24) is 9.27 Å². The summed E-state index contributed by atoms with van der Waals surface area (Å²) in [6.07, 6.45) is 1.83. The van der Waals surface area contributed by atoms with E-state index in [9.17, 15) is 5.26 Å². The number of benzene rings is 1. The molecule has 0 atom stereocenters. The van der Waals surface area contributed by atoms with Crippen LogP contribution in [0, 0.1) is 25.2 Å². The van der Waals surface area contributed by atoms with Gasteiger partial charge in [-0.25, -0.2) is 4.99 Å². The molecule has 2 rings (SSSR count). The number of hydrogen-bond donors (Lipinski definition) is 0. The average molecular weight is 451 g/mol. The van der Waals surface area contributed by atoms with Crippen LogP contribution in [0.2, 0.25) is 0 Å². The molecule has 0 unspecified atom stereocenters. The smallest absolute Gasteiger partial charge is 0.218 e. The minimum absolute atomic E-state index is 0. The summed E-state index contributed by atoms with van der Waals surface area (Å²) in [5.41, 5.74) is 4.00. The number of nitrogens with zero attached hydrogens (tertiary/aromatic N) is 4. The first kappa shape index (κ1) is 23.1. The fraction of sp³-hybridized carbons (Fsp3) is 0.450. The van der Waals surface area contributed by atoms with Gasteiger partial charge in [0.25, 0.3) is 0 Å². The zero-order valence-corrected chi connectivity index (χ0v) is 19.5. The third-order valence-corrected chi connectivity index (χ3v) is 4.80. The van der Waals surface area contributed by atoms with Crippen LogP contribution in [0.5, 0.6) is 10.8 Å². The van der Waals surface area contributed by atoms with Crippen molar-refractivity contribution in [2.24, 2.45) is 4.99 Å². The Morgan fingerprint density at radius 2 is 1.96 bits per heavy atom. The quantitative estimate of drug-likeness (QED) is 0.419. The standard InChI is InChI=1S/C20H26N4OS.BrH/c1-8-24(7)12-22-16-9-14(3)17(10-13(16)2)25-19-15(11-21)18(23-26-19)20(4,5)6;/h9-10,12H,8H2,1-7H3;1H. The molecule has 1 aromatic heterocycles. The van der Waals surface area contributed by atoms with Crippen molar-refractivity contribution in [2.75, 3.05) is 13.6 Å². The molecule has 5 nitrogen and oxygen atoms in total. The zero-order valence-electron chi connectivity index (χ0n) is 17.0. The average Bonchev–Trinajstić information content (AvgIpc) is 2.99. The van der Waals surface area contributed by atoms with Gasteiger partial charge in [0.2, 0.25) is 5.06 Å². The van der Waals surface area contributed by atoms with Gasteiger partial charge < -0.3 is 9.64 Å². The van der Waals surface area contributed by atoms with Crippen LogP contribution in [0.3, 0.4) is 0 Å². The second-order valence-corrected chi connectivity index (χ2v) is 8.12. The first-order valence-corrected chi connectivity index (χ1v) is 9.38. The Balaban J connectivity index is 0.00000364. The van der Waals surface area contributed by atoms with Crippen LogP contribution in [0.25, 0.3) is 0 Å². The molecule has 0 aliphatic rings. The van der Waals surface area contributed by atoms with Crippen molar-refractivity contribution in [3.05, 3.63) is 34.5 Å². The van der Waals surface area contributed by atoms with Gasteiger partial charge in [0.1, 0.15) is 17.4 Å². The first-order chi connectivity index (χ1) is 12.2.